The molecule has 3 nitrogen and oxygen atoms in total. The average Bonchev–Trinajstić information content (AvgIpc) is 2.76. The van der Waals surface area contributed by atoms with Crippen LogP contribution in [0.2, 0.25) is 0 Å². The van der Waals surface area contributed by atoms with Crippen molar-refractivity contribution in [2.24, 2.45) is 11.8 Å². The van der Waals surface area contributed by atoms with E-state index in [1.807, 2.05) is 12.1 Å². The first kappa shape index (κ1) is 21.7. The van der Waals surface area contributed by atoms with Crippen LogP contribution in [0.1, 0.15) is 77.2 Å². The number of ether oxygens (including phenoxy) is 1. The Balaban J connectivity index is 1.52. The lowest BCUT2D eigenvalue weighted by Crippen LogP contribution is -2.14. The lowest BCUT2D eigenvalue weighted by atomic mass is 9.78. The van der Waals surface area contributed by atoms with E-state index in [2.05, 4.69) is 24.0 Å². The zero-order valence-corrected chi connectivity index (χ0v) is 18.0. The largest absolute Gasteiger partial charge is 0.477 e. The van der Waals surface area contributed by atoms with Crippen LogP contribution in [0.5, 0.6) is 5.88 Å². The van der Waals surface area contributed by atoms with Crippen LogP contribution in [0.25, 0.3) is 11.3 Å². The average molecular weight is 399 g/mol. The van der Waals surface area contributed by atoms with E-state index in [4.69, 9.17) is 4.74 Å². The van der Waals surface area contributed by atoms with Crippen molar-refractivity contribution in [3.63, 3.8) is 0 Å². The van der Waals surface area contributed by atoms with Gasteiger partial charge in [-0.15, -0.1) is 10.2 Å². The molecule has 1 aliphatic rings. The van der Waals surface area contributed by atoms with Crippen molar-refractivity contribution >= 4 is 0 Å². The summed E-state index contributed by atoms with van der Waals surface area (Å²) in [6, 6.07) is 9.10. The Labute approximate surface area is 175 Å². The predicted octanol–water partition coefficient (Wildman–Crippen LogP) is 7.00. The van der Waals surface area contributed by atoms with Gasteiger partial charge in [0.15, 0.2) is 0 Å². The minimum Gasteiger partial charge on any atom is -0.477 e. The summed E-state index contributed by atoms with van der Waals surface area (Å²) in [6.45, 7) is 5.10. The van der Waals surface area contributed by atoms with Crippen LogP contribution in [0, 0.1) is 17.7 Å². The highest BCUT2D eigenvalue weighted by molar-refractivity contribution is 5.60. The van der Waals surface area contributed by atoms with Gasteiger partial charge in [-0.1, -0.05) is 64.9 Å². The second-order valence-electron chi connectivity index (χ2n) is 8.46. The number of aromatic nitrogens is 2. The van der Waals surface area contributed by atoms with Gasteiger partial charge < -0.3 is 4.74 Å². The second-order valence-corrected chi connectivity index (χ2v) is 8.46. The molecule has 0 amide bonds. The lowest BCUT2D eigenvalue weighted by Gasteiger charge is -2.27. The molecule has 1 aromatic heterocycles. The molecule has 1 aliphatic carbocycles. The van der Waals surface area contributed by atoms with Gasteiger partial charge in [0.05, 0.1) is 12.3 Å². The van der Waals surface area contributed by atoms with Crippen molar-refractivity contribution in [2.45, 2.75) is 78.1 Å². The number of rotatable bonds is 10. The monoisotopic (exact) mass is 398 g/mol. The second kappa shape index (κ2) is 11.3. The molecule has 0 N–H and O–H groups in total. The third kappa shape index (κ3) is 6.52. The van der Waals surface area contributed by atoms with Crippen LogP contribution >= 0.6 is 0 Å². The van der Waals surface area contributed by atoms with Crippen molar-refractivity contribution in [3.05, 3.63) is 41.7 Å². The maximum absolute atomic E-state index is 14.7. The first-order valence-corrected chi connectivity index (χ1v) is 11.4. The normalized spacial score (nSPS) is 19.3. The number of hydrogen-bond donors (Lipinski definition) is 0. The standard InChI is InChI=1S/C25H35FN2O/c1-3-5-6-17-29-25-16-15-24(27-28-25)22-14-13-21(18-23(22)26)12-11-20-9-7-19(4-2)8-10-20/h13-16,18-20H,3-12,17H2,1-2H3/t19-,20-. The highest BCUT2D eigenvalue weighted by Crippen LogP contribution is 2.33. The zero-order chi connectivity index (χ0) is 20.5. The van der Waals surface area contributed by atoms with E-state index < -0.39 is 0 Å². The van der Waals surface area contributed by atoms with Gasteiger partial charge in [0.1, 0.15) is 5.82 Å². The maximum atomic E-state index is 14.7. The molecule has 158 valence electrons. The summed E-state index contributed by atoms with van der Waals surface area (Å²) in [5.41, 5.74) is 2.13. The van der Waals surface area contributed by atoms with Crippen LogP contribution < -0.4 is 4.74 Å². The minimum absolute atomic E-state index is 0.219. The third-order valence-electron chi connectivity index (χ3n) is 6.33. The van der Waals surface area contributed by atoms with E-state index in [9.17, 15) is 4.39 Å². The highest BCUT2D eigenvalue weighted by Gasteiger charge is 2.20. The van der Waals surface area contributed by atoms with Crippen LogP contribution in [-0.2, 0) is 6.42 Å². The number of benzene rings is 1. The summed E-state index contributed by atoms with van der Waals surface area (Å²) in [5, 5.41) is 8.25. The Bertz CT molecular complexity index is 739. The maximum Gasteiger partial charge on any atom is 0.233 e. The van der Waals surface area contributed by atoms with Crippen molar-refractivity contribution < 1.29 is 9.13 Å². The van der Waals surface area contributed by atoms with Gasteiger partial charge in [0.25, 0.3) is 0 Å². The minimum atomic E-state index is -0.219. The topological polar surface area (TPSA) is 35.0 Å². The van der Waals surface area contributed by atoms with E-state index in [0.717, 1.165) is 43.1 Å². The van der Waals surface area contributed by atoms with E-state index in [1.54, 1.807) is 18.2 Å². The van der Waals surface area contributed by atoms with Crippen molar-refractivity contribution in [1.82, 2.24) is 10.2 Å². The number of aryl methyl sites for hydroxylation is 1. The lowest BCUT2D eigenvalue weighted by molar-refractivity contribution is 0.259. The molecule has 0 saturated heterocycles. The molecule has 29 heavy (non-hydrogen) atoms. The fourth-order valence-corrected chi connectivity index (χ4v) is 4.29. The Morgan fingerprint density at radius 3 is 2.41 bits per heavy atom. The van der Waals surface area contributed by atoms with E-state index in [-0.39, 0.29) is 5.82 Å². The summed E-state index contributed by atoms with van der Waals surface area (Å²) in [5.74, 6) is 2.01. The van der Waals surface area contributed by atoms with Crippen molar-refractivity contribution in [2.75, 3.05) is 6.61 Å². The molecule has 0 unspecified atom stereocenters. The quantitative estimate of drug-likeness (QED) is 0.404. The molecule has 1 fully saturated rings. The summed E-state index contributed by atoms with van der Waals surface area (Å²) < 4.78 is 20.3. The number of halogens is 1. The van der Waals surface area contributed by atoms with Crippen molar-refractivity contribution in [1.29, 1.82) is 0 Å². The third-order valence-corrected chi connectivity index (χ3v) is 6.33. The Hall–Kier alpha value is -1.97. The molecule has 3 rings (SSSR count). The molecule has 0 aliphatic heterocycles. The first-order valence-electron chi connectivity index (χ1n) is 11.4. The summed E-state index contributed by atoms with van der Waals surface area (Å²) >= 11 is 0. The molecule has 1 saturated carbocycles. The van der Waals surface area contributed by atoms with Gasteiger partial charge >= 0.3 is 0 Å². The summed E-state index contributed by atoms with van der Waals surface area (Å²) in [6.07, 6.45) is 12.1. The molecule has 0 bridgehead atoms. The molecule has 4 heteroatoms. The molecule has 1 aromatic carbocycles. The molecule has 0 radical (unpaired) electrons. The fourth-order valence-electron chi connectivity index (χ4n) is 4.29. The predicted molar refractivity (Wildman–Crippen MR) is 117 cm³/mol. The van der Waals surface area contributed by atoms with Gasteiger partial charge in [0, 0.05) is 11.6 Å². The first-order chi connectivity index (χ1) is 14.2. The molecular weight excluding hydrogens is 363 g/mol. The Kier molecular flexibility index (Phi) is 8.45. The molecule has 2 aromatic rings. The smallest absolute Gasteiger partial charge is 0.233 e. The number of hydrogen-bond acceptors (Lipinski definition) is 3. The summed E-state index contributed by atoms with van der Waals surface area (Å²) in [4.78, 5) is 0. The summed E-state index contributed by atoms with van der Waals surface area (Å²) in [7, 11) is 0. The SMILES string of the molecule is CCCCCOc1ccc(-c2ccc(CC[C@H]3CC[C@H](CC)CC3)cc2F)nn1. The van der Waals surface area contributed by atoms with Crippen molar-refractivity contribution in [3.8, 4) is 17.1 Å². The van der Waals surface area contributed by atoms with Crippen LogP contribution in [0.3, 0.4) is 0 Å². The van der Waals surface area contributed by atoms with Crippen LogP contribution in [-0.4, -0.2) is 16.8 Å². The molecular formula is C25H35FN2O. The number of nitrogens with zero attached hydrogens (tertiary/aromatic N) is 2. The molecule has 0 spiro atoms. The zero-order valence-electron chi connectivity index (χ0n) is 18.0. The van der Waals surface area contributed by atoms with Gasteiger partial charge in [-0.25, -0.2) is 4.39 Å². The van der Waals surface area contributed by atoms with Gasteiger partial charge in [-0.05, 0) is 54.9 Å². The van der Waals surface area contributed by atoms with Gasteiger partial charge in [0.2, 0.25) is 5.88 Å². The van der Waals surface area contributed by atoms with E-state index >= 15 is 0 Å². The van der Waals surface area contributed by atoms with Crippen LogP contribution in [0.4, 0.5) is 4.39 Å². The van der Waals surface area contributed by atoms with E-state index in [0.29, 0.717) is 23.7 Å². The highest BCUT2D eigenvalue weighted by atomic mass is 19.1. The molecule has 0 atom stereocenters. The van der Waals surface area contributed by atoms with E-state index in [1.165, 1.54) is 38.5 Å². The Morgan fingerprint density at radius 1 is 0.966 bits per heavy atom. The Morgan fingerprint density at radius 2 is 1.76 bits per heavy atom. The van der Waals surface area contributed by atoms with Gasteiger partial charge in [-0.3, -0.25) is 0 Å². The molecule has 1 heterocycles. The van der Waals surface area contributed by atoms with Gasteiger partial charge in [-0.2, -0.15) is 0 Å². The fraction of sp³-hybridized carbons (Fsp3) is 0.600. The van der Waals surface area contributed by atoms with Crippen LogP contribution in [0.15, 0.2) is 30.3 Å². The number of unbranched alkanes of at least 4 members (excludes halogenated alkanes) is 2.